The van der Waals surface area contributed by atoms with E-state index in [9.17, 15) is 28.9 Å². The summed E-state index contributed by atoms with van der Waals surface area (Å²) in [6.07, 6.45) is 73.3. The third-order valence-electron chi connectivity index (χ3n) is 12.4. The molecule has 0 fully saturated rings. The van der Waals surface area contributed by atoms with Gasteiger partial charge in [0.1, 0.15) is 12.7 Å². The molecular weight excluding hydrogens is 1000 g/mol. The maximum atomic E-state index is 12.9. The minimum absolute atomic E-state index is 0.0624. The molecule has 0 radical (unpaired) electrons. The molecule has 3 atom stereocenters. The number of phosphoric acid groups is 1. The number of unbranched alkanes of at least 4 members (excludes halogenated alkanes) is 19. The van der Waals surface area contributed by atoms with Gasteiger partial charge in [0.2, 0.25) is 0 Å². The Morgan fingerprint density at radius 2 is 0.718 bits per heavy atom. The number of ether oxygens (including phenoxy) is 3. The second-order valence-corrected chi connectivity index (χ2v) is 21.2. The second kappa shape index (κ2) is 59.0. The number of phosphoric ester groups is 1. The maximum absolute atomic E-state index is 12.9. The van der Waals surface area contributed by atoms with Gasteiger partial charge >= 0.3 is 25.7 Å². The van der Waals surface area contributed by atoms with Crippen LogP contribution >= 0.6 is 7.82 Å². The van der Waals surface area contributed by atoms with Crippen molar-refractivity contribution in [2.75, 3.05) is 26.4 Å². The van der Waals surface area contributed by atoms with Crippen LogP contribution in [0.15, 0.2) is 122 Å². The van der Waals surface area contributed by atoms with E-state index in [1.807, 2.05) is 18.2 Å². The highest BCUT2D eigenvalue weighted by Crippen LogP contribution is 2.43. The van der Waals surface area contributed by atoms with E-state index in [1.54, 1.807) is 6.08 Å². The Hall–Kier alpha value is -4.12. The molecule has 78 heavy (non-hydrogen) atoms. The van der Waals surface area contributed by atoms with Crippen molar-refractivity contribution in [3.05, 3.63) is 122 Å². The van der Waals surface area contributed by atoms with E-state index in [-0.39, 0.29) is 25.9 Å². The molecule has 0 aliphatic carbocycles. The van der Waals surface area contributed by atoms with Crippen molar-refractivity contribution in [3.63, 3.8) is 0 Å². The normalized spacial score (nSPS) is 14.2. The number of carbonyl (C=O) groups excluding carboxylic acids is 3. The van der Waals surface area contributed by atoms with Crippen molar-refractivity contribution in [2.24, 2.45) is 0 Å². The number of hydrogen-bond donors (Lipinski definition) is 2. The highest BCUT2D eigenvalue weighted by Gasteiger charge is 2.28. The summed E-state index contributed by atoms with van der Waals surface area (Å²) in [5, 5.41) is 9.81. The average molecular weight is 1110 g/mol. The maximum Gasteiger partial charge on any atom is 0.472 e. The molecular formula is C66H109O11P. The number of allylic oxidation sites excluding steroid dienone is 19. The van der Waals surface area contributed by atoms with Gasteiger partial charge in [0, 0.05) is 12.8 Å². The zero-order valence-electron chi connectivity index (χ0n) is 49.1. The van der Waals surface area contributed by atoms with Crippen LogP contribution in [0.4, 0.5) is 0 Å². The second-order valence-electron chi connectivity index (χ2n) is 19.8. The highest BCUT2D eigenvalue weighted by molar-refractivity contribution is 7.47. The van der Waals surface area contributed by atoms with Crippen LogP contribution in [0.3, 0.4) is 0 Å². The van der Waals surface area contributed by atoms with Gasteiger partial charge in [0.25, 0.3) is 0 Å². The Balaban J connectivity index is 4.84. The van der Waals surface area contributed by atoms with Crippen molar-refractivity contribution in [2.45, 2.75) is 251 Å². The Kier molecular flexibility index (Phi) is 55.9. The van der Waals surface area contributed by atoms with Crippen molar-refractivity contribution in [1.29, 1.82) is 0 Å². The van der Waals surface area contributed by atoms with E-state index in [0.717, 1.165) is 96.3 Å². The molecule has 0 aliphatic rings. The predicted molar refractivity (Wildman–Crippen MR) is 325 cm³/mol. The van der Waals surface area contributed by atoms with Crippen LogP contribution in [0.5, 0.6) is 0 Å². The van der Waals surface area contributed by atoms with Gasteiger partial charge in [-0.1, -0.05) is 232 Å². The molecule has 3 unspecified atom stereocenters. The molecule has 0 bridgehead atoms. The van der Waals surface area contributed by atoms with Gasteiger partial charge in [-0.2, -0.15) is 0 Å². The first-order valence-corrected chi connectivity index (χ1v) is 31.9. The topological polar surface area (TPSA) is 155 Å². The van der Waals surface area contributed by atoms with E-state index in [2.05, 4.69) is 118 Å². The molecule has 0 aromatic rings. The summed E-state index contributed by atoms with van der Waals surface area (Å²) in [5.74, 6) is -1.64. The minimum atomic E-state index is -4.79. The van der Waals surface area contributed by atoms with Crippen LogP contribution in [-0.2, 0) is 42.2 Å². The lowest BCUT2D eigenvalue weighted by Gasteiger charge is -2.21. The van der Waals surface area contributed by atoms with Gasteiger partial charge in [-0.25, -0.2) is 4.57 Å². The van der Waals surface area contributed by atoms with Crippen LogP contribution in [0.1, 0.15) is 239 Å². The predicted octanol–water partition coefficient (Wildman–Crippen LogP) is 18.4. The molecule has 0 aromatic carbocycles. The molecule has 11 nitrogen and oxygen atoms in total. The van der Waals surface area contributed by atoms with Gasteiger partial charge in [-0.05, 0) is 109 Å². The summed E-state index contributed by atoms with van der Waals surface area (Å²) in [7, 11) is -4.79. The summed E-state index contributed by atoms with van der Waals surface area (Å²) in [6, 6.07) is 0. The van der Waals surface area contributed by atoms with Gasteiger partial charge in [-0.3, -0.25) is 23.4 Å². The Labute approximate surface area is 475 Å². The number of carbonyl (C=O) groups is 3. The summed E-state index contributed by atoms with van der Waals surface area (Å²) in [4.78, 5) is 48.6. The Bertz CT molecular complexity index is 1770. The summed E-state index contributed by atoms with van der Waals surface area (Å²) in [5.41, 5.74) is 0. The van der Waals surface area contributed by atoms with Crippen molar-refractivity contribution >= 4 is 25.7 Å². The van der Waals surface area contributed by atoms with Gasteiger partial charge in [-0.15, -0.1) is 0 Å². The number of rotatable bonds is 55. The summed E-state index contributed by atoms with van der Waals surface area (Å²) in [6.45, 7) is 4.28. The average Bonchev–Trinajstić information content (AvgIpc) is 3.43. The molecule has 0 aromatic heterocycles. The smallest absolute Gasteiger partial charge is 0.462 e. The van der Waals surface area contributed by atoms with Gasteiger partial charge in [0.15, 0.2) is 6.10 Å². The molecule has 12 heteroatoms. The van der Waals surface area contributed by atoms with Crippen molar-refractivity contribution in [3.8, 4) is 0 Å². The molecule has 0 amide bonds. The molecule has 0 saturated carbocycles. The third kappa shape index (κ3) is 56.6. The Morgan fingerprint density at radius 1 is 0.385 bits per heavy atom. The summed E-state index contributed by atoms with van der Waals surface area (Å²) < 4.78 is 39.5. The number of aliphatic hydroxyl groups excluding tert-OH is 1. The van der Waals surface area contributed by atoms with E-state index in [0.29, 0.717) is 19.3 Å². The van der Waals surface area contributed by atoms with Crippen LogP contribution in [0.2, 0.25) is 0 Å². The number of hydrogen-bond acceptors (Lipinski definition) is 10. The number of esters is 3. The Morgan fingerprint density at radius 3 is 1.14 bits per heavy atom. The highest BCUT2D eigenvalue weighted by atomic mass is 31.2. The molecule has 444 valence electrons. The van der Waals surface area contributed by atoms with Crippen LogP contribution in [-0.4, -0.2) is 66.5 Å². The third-order valence-corrected chi connectivity index (χ3v) is 13.3. The molecule has 2 N–H and O–H groups in total. The van der Waals surface area contributed by atoms with Crippen LogP contribution in [0, 0.1) is 0 Å². The van der Waals surface area contributed by atoms with E-state index in [1.165, 1.54) is 83.5 Å². The lowest BCUT2D eigenvalue weighted by atomic mass is 10.1. The molecule has 0 spiro atoms. The lowest BCUT2D eigenvalue weighted by Crippen LogP contribution is -2.30. The fourth-order valence-electron chi connectivity index (χ4n) is 7.83. The van der Waals surface area contributed by atoms with E-state index >= 15 is 0 Å². The van der Waals surface area contributed by atoms with Crippen molar-refractivity contribution in [1.82, 2.24) is 0 Å². The molecule has 0 heterocycles. The first-order chi connectivity index (χ1) is 38.2. The van der Waals surface area contributed by atoms with Gasteiger partial charge < -0.3 is 24.2 Å². The van der Waals surface area contributed by atoms with E-state index < -0.39 is 57.8 Å². The molecule has 0 aliphatic heterocycles. The van der Waals surface area contributed by atoms with Gasteiger partial charge in [0.05, 0.1) is 26.2 Å². The fourth-order valence-corrected chi connectivity index (χ4v) is 8.61. The molecule has 0 saturated heterocycles. The number of aliphatic hydroxyl groups is 1. The largest absolute Gasteiger partial charge is 0.472 e. The van der Waals surface area contributed by atoms with E-state index in [4.69, 9.17) is 23.3 Å². The quantitative estimate of drug-likeness (QED) is 0.0197. The van der Waals surface area contributed by atoms with Crippen molar-refractivity contribution < 1.29 is 52.2 Å². The monoisotopic (exact) mass is 1110 g/mol. The SMILES string of the molecule is CC/C=C\C/C=C\C/C=C\C/C=C\C/C=C\CC(=O)OC(CO)COP(=O)(O)OCC(COC(=O)CCCCCCCCCCC/C=C\CCCCCCCC)OC(=O)CCCCCC/C=C\C/C=C\C/C=C\C/C=C\CC. The molecule has 0 rings (SSSR count). The minimum Gasteiger partial charge on any atom is -0.462 e. The van der Waals surface area contributed by atoms with Crippen LogP contribution in [0.25, 0.3) is 0 Å². The lowest BCUT2D eigenvalue weighted by molar-refractivity contribution is -0.161. The zero-order valence-corrected chi connectivity index (χ0v) is 50.0. The standard InChI is InChI=1S/C66H109O11P/c1-4-7-10-13-16-19-22-25-28-30-31-33-35-37-40-43-46-49-52-55-64(68)73-59-63(77-66(70)57-54-51-48-45-42-39-36-32-29-26-23-20-17-14-11-8-5-2)61-75-78(71,72)74-60-62(58-67)76-65(69)56-53-50-47-44-41-38-34-27-24-21-18-15-12-9-6-3/h8-9,11-12,17-18,20-21,25-29,34,36,39,41,44,50,53,62-63,67H,4-7,10,13-16,19,22-24,30-33,35,37-38,40,42-43,45-49,51-52,54-61H2,1-3H3,(H,71,72)/b11-8-,12-9-,20-17-,21-18-,28-25-,29-26-,34-27-,39-36-,44-41-,53-50-. The summed E-state index contributed by atoms with van der Waals surface area (Å²) >= 11 is 0. The first-order valence-electron chi connectivity index (χ1n) is 30.4. The first kappa shape index (κ1) is 73.9. The van der Waals surface area contributed by atoms with Crippen LogP contribution < -0.4 is 0 Å². The fraction of sp³-hybridized carbons (Fsp3) is 0.652. The zero-order chi connectivity index (χ0) is 56.9.